The number of nitrogens with one attached hydrogen (secondary N) is 2. The van der Waals surface area contributed by atoms with Gasteiger partial charge in [-0.1, -0.05) is 18.2 Å². The second-order valence-corrected chi connectivity index (χ2v) is 8.51. The monoisotopic (exact) mass is 501 g/mol. The summed E-state index contributed by atoms with van der Waals surface area (Å²) in [7, 11) is 0. The number of carbonyl (C=O) groups excluding carboxylic acids is 1. The second kappa shape index (κ2) is 11.3. The maximum Gasteiger partial charge on any atom is 0.255 e. The lowest BCUT2D eigenvalue weighted by Crippen LogP contribution is -2.43. The van der Waals surface area contributed by atoms with E-state index in [-0.39, 0.29) is 48.9 Å². The fourth-order valence-corrected chi connectivity index (χ4v) is 3.84. The molecule has 1 fully saturated rings. The fraction of sp³-hybridized carbons (Fsp3) is 0.241. The quantitative estimate of drug-likeness (QED) is 0.383. The molecule has 188 valence electrons. The number of aryl methyl sites for hydroxylation is 1. The van der Waals surface area contributed by atoms with Gasteiger partial charge in [0, 0.05) is 84.7 Å². The lowest BCUT2D eigenvalue weighted by atomic mass is 10.1. The van der Waals surface area contributed by atoms with Crippen molar-refractivity contribution in [3.8, 4) is 11.3 Å². The zero-order valence-electron chi connectivity index (χ0n) is 28.0. The molecule has 1 saturated heterocycles. The summed E-state index contributed by atoms with van der Waals surface area (Å²) in [6.07, 6.45) is 4.84. The van der Waals surface area contributed by atoms with Gasteiger partial charge in [-0.3, -0.25) is 14.7 Å². The number of hydrogen-bond acceptors (Lipinski definition) is 7. The minimum absolute atomic E-state index is 0.0159. The van der Waals surface area contributed by atoms with Crippen LogP contribution >= 0.6 is 0 Å². The molecule has 0 spiro atoms. The van der Waals surface area contributed by atoms with E-state index in [1.54, 1.807) is 35.6 Å². The van der Waals surface area contributed by atoms with Crippen molar-refractivity contribution in [2.45, 2.75) is 13.3 Å². The molecule has 0 bridgehead atoms. The summed E-state index contributed by atoms with van der Waals surface area (Å²) in [4.78, 5) is 28.9. The number of aromatic nitrogens is 3. The first-order chi connectivity index (χ1) is 21.2. The smallest absolute Gasteiger partial charge is 0.255 e. The molecule has 37 heavy (non-hydrogen) atoms. The maximum absolute atomic E-state index is 13.1. The van der Waals surface area contributed by atoms with E-state index >= 15 is 0 Å². The van der Waals surface area contributed by atoms with Crippen LogP contribution in [0.3, 0.4) is 0 Å². The number of nitrogens with zero attached hydrogens (tertiary/aromatic N) is 5. The minimum atomic E-state index is -2.46. The molecule has 0 saturated carbocycles. The summed E-state index contributed by atoms with van der Waals surface area (Å²) >= 11 is 0. The Kier molecular flexibility index (Phi) is 5.05. The summed E-state index contributed by atoms with van der Waals surface area (Å²) in [6.45, 7) is -5.61. The van der Waals surface area contributed by atoms with Crippen molar-refractivity contribution >= 4 is 23.2 Å². The van der Waals surface area contributed by atoms with E-state index in [0.717, 1.165) is 5.56 Å². The van der Waals surface area contributed by atoms with Gasteiger partial charge in [-0.2, -0.15) is 0 Å². The topological polar surface area (TPSA) is 86.3 Å². The number of amides is 1. The highest BCUT2D eigenvalue weighted by atomic mass is 16.1. The first-order valence-corrected chi connectivity index (χ1v) is 11.8. The van der Waals surface area contributed by atoms with Crippen LogP contribution < -0.4 is 10.6 Å². The minimum Gasteiger partial charge on any atom is -0.324 e. The van der Waals surface area contributed by atoms with Gasteiger partial charge in [0.1, 0.15) is 0 Å². The van der Waals surface area contributed by atoms with Gasteiger partial charge in [0.15, 0.2) is 0 Å². The standard InChI is InChI=1S/C29H31N7O/c1-21-5-10-25(18-27(21)34-29-31-13-11-26(33-29)24-4-3-12-30-19-24)32-28(37)23-8-6-22(7-9-23)20-36-16-14-35(2)15-17-36/h3-13,18-19H,14-17,20H2,1-2H3,(H,32,37)(H,31,33,34)/i1D3,2D3,20D2. The van der Waals surface area contributed by atoms with Gasteiger partial charge in [-0.05, 0) is 67.4 Å². The van der Waals surface area contributed by atoms with E-state index in [1.165, 1.54) is 47.4 Å². The van der Waals surface area contributed by atoms with Crippen LogP contribution in [0.4, 0.5) is 17.3 Å². The van der Waals surface area contributed by atoms with Crippen LogP contribution in [0.1, 0.15) is 32.5 Å². The van der Waals surface area contributed by atoms with Crippen molar-refractivity contribution in [3.05, 3.63) is 95.9 Å². The van der Waals surface area contributed by atoms with Crippen molar-refractivity contribution < 1.29 is 15.8 Å². The number of hydrogen-bond donors (Lipinski definition) is 2. The number of anilines is 3. The Hall–Kier alpha value is -4.14. The average Bonchev–Trinajstić information content (AvgIpc) is 3.01. The Bertz CT molecular complexity index is 1640. The molecule has 0 atom stereocenters. The molecular weight excluding hydrogens is 462 g/mol. The van der Waals surface area contributed by atoms with E-state index in [0.29, 0.717) is 16.9 Å². The maximum atomic E-state index is 13.1. The van der Waals surface area contributed by atoms with Crippen LogP contribution in [-0.2, 0) is 6.50 Å². The number of carbonyl (C=O) groups is 1. The molecule has 4 aromatic rings. The molecule has 0 radical (unpaired) electrons. The van der Waals surface area contributed by atoms with Crippen molar-refractivity contribution in [1.29, 1.82) is 0 Å². The number of rotatable bonds is 7. The molecule has 8 nitrogen and oxygen atoms in total. The SMILES string of the molecule is [2H]C([2H])([2H])c1ccc(NC(=O)c2ccc(C([2H])([2H])N3CCN(C([2H])([2H])[2H])CC3)cc2)cc1Nc1nccc(-c2cccnc2)n1. The molecular formula is C29H31N7O. The number of benzene rings is 2. The predicted molar refractivity (Wildman–Crippen MR) is 147 cm³/mol. The Morgan fingerprint density at radius 2 is 1.92 bits per heavy atom. The fourth-order valence-electron chi connectivity index (χ4n) is 3.84. The highest BCUT2D eigenvalue weighted by Gasteiger charge is 2.14. The molecule has 1 aliphatic rings. The summed E-state index contributed by atoms with van der Waals surface area (Å²) in [6, 6.07) is 15.8. The Balaban J connectivity index is 1.31. The van der Waals surface area contributed by atoms with Gasteiger partial charge in [0.25, 0.3) is 5.91 Å². The predicted octanol–water partition coefficient (Wildman–Crippen LogP) is 4.59. The lowest BCUT2D eigenvalue weighted by molar-refractivity contribution is 0.102. The van der Waals surface area contributed by atoms with E-state index in [1.807, 2.05) is 6.07 Å². The lowest BCUT2D eigenvalue weighted by Gasteiger charge is -2.32. The van der Waals surface area contributed by atoms with E-state index in [9.17, 15) is 4.79 Å². The molecule has 2 aromatic carbocycles. The molecule has 2 N–H and O–H groups in total. The molecule has 8 heteroatoms. The third-order valence-electron chi connectivity index (χ3n) is 5.85. The number of likely N-dealkylation sites (N-methyl/N-ethyl adjacent to an activating group) is 1. The summed E-state index contributed by atoms with van der Waals surface area (Å²) in [5, 5.41) is 5.74. The van der Waals surface area contributed by atoms with Crippen molar-refractivity contribution in [2.75, 3.05) is 43.8 Å². The van der Waals surface area contributed by atoms with Crippen LogP contribution in [0.2, 0.25) is 0 Å². The zero-order chi connectivity index (χ0) is 32.4. The normalized spacial score (nSPS) is 18.6. The Morgan fingerprint density at radius 3 is 2.68 bits per heavy atom. The van der Waals surface area contributed by atoms with E-state index < -0.39 is 26.2 Å². The van der Waals surface area contributed by atoms with Crippen LogP contribution in [0.5, 0.6) is 0 Å². The molecule has 3 heterocycles. The van der Waals surface area contributed by atoms with Crippen LogP contribution in [-0.4, -0.2) is 63.8 Å². The van der Waals surface area contributed by atoms with Crippen LogP contribution in [0.15, 0.2) is 79.3 Å². The van der Waals surface area contributed by atoms with Gasteiger partial charge in [0.2, 0.25) is 5.95 Å². The second-order valence-electron chi connectivity index (χ2n) is 8.51. The van der Waals surface area contributed by atoms with Crippen molar-refractivity contribution in [2.24, 2.45) is 0 Å². The largest absolute Gasteiger partial charge is 0.324 e. The van der Waals surface area contributed by atoms with Gasteiger partial charge in [0.05, 0.1) is 5.69 Å². The molecule has 1 aliphatic heterocycles. The molecule has 1 amide bonds. The number of piperazine rings is 1. The summed E-state index contributed by atoms with van der Waals surface area (Å²) in [5.41, 5.74) is 2.49. The van der Waals surface area contributed by atoms with Gasteiger partial charge in [-0.25, -0.2) is 9.97 Å². The summed E-state index contributed by atoms with van der Waals surface area (Å²) in [5.74, 6) is -0.314. The highest BCUT2D eigenvalue weighted by Crippen LogP contribution is 2.24. The Labute approximate surface area is 228 Å². The van der Waals surface area contributed by atoms with Crippen LogP contribution in [0, 0.1) is 6.85 Å². The third-order valence-corrected chi connectivity index (χ3v) is 5.85. The van der Waals surface area contributed by atoms with Crippen molar-refractivity contribution in [1.82, 2.24) is 24.8 Å². The van der Waals surface area contributed by atoms with Crippen molar-refractivity contribution in [3.63, 3.8) is 0 Å². The first kappa shape index (κ1) is 16.6. The molecule has 2 aromatic heterocycles. The number of pyridine rings is 1. The molecule has 0 unspecified atom stereocenters. The molecule has 5 rings (SSSR count). The van der Waals surface area contributed by atoms with Gasteiger partial charge in [-0.15, -0.1) is 0 Å². The third kappa shape index (κ3) is 6.35. The van der Waals surface area contributed by atoms with Gasteiger partial charge < -0.3 is 15.5 Å². The van der Waals surface area contributed by atoms with E-state index in [2.05, 4.69) is 25.6 Å². The average molecular weight is 502 g/mol. The highest BCUT2D eigenvalue weighted by molar-refractivity contribution is 6.04. The molecule has 0 aliphatic carbocycles. The van der Waals surface area contributed by atoms with Crippen LogP contribution in [0.25, 0.3) is 11.3 Å². The first-order valence-electron chi connectivity index (χ1n) is 15.8. The van der Waals surface area contributed by atoms with E-state index in [4.69, 9.17) is 11.0 Å². The Morgan fingerprint density at radius 1 is 1.05 bits per heavy atom. The van der Waals surface area contributed by atoms with Gasteiger partial charge >= 0.3 is 0 Å². The summed E-state index contributed by atoms with van der Waals surface area (Å²) < 4.78 is 64.0. The zero-order valence-corrected chi connectivity index (χ0v) is 20.0.